The Bertz CT molecular complexity index is 793. The number of fused-ring (bicyclic) bond motifs is 3. The first-order chi connectivity index (χ1) is 10.7. The van der Waals surface area contributed by atoms with Crippen molar-refractivity contribution in [3.05, 3.63) is 47.5 Å². The molecule has 2 aromatic rings. The van der Waals surface area contributed by atoms with Gasteiger partial charge in [0, 0.05) is 23.0 Å². The molecule has 1 amide bonds. The van der Waals surface area contributed by atoms with Gasteiger partial charge in [0.1, 0.15) is 0 Å². The number of carbonyl (C=O) groups is 1. The minimum atomic E-state index is -0.0472. The van der Waals surface area contributed by atoms with Gasteiger partial charge in [0.05, 0.1) is 11.6 Å². The van der Waals surface area contributed by atoms with Gasteiger partial charge in [0.2, 0.25) is 0 Å². The van der Waals surface area contributed by atoms with Crippen LogP contribution in [-0.4, -0.2) is 24.5 Å². The molecule has 1 saturated heterocycles. The largest absolute Gasteiger partial charge is 0.348 e. The van der Waals surface area contributed by atoms with E-state index in [0.29, 0.717) is 23.1 Å². The Morgan fingerprint density at radius 1 is 1.27 bits per heavy atom. The zero-order valence-electron chi connectivity index (χ0n) is 12.2. The topological polar surface area (TPSA) is 64.9 Å². The van der Waals surface area contributed by atoms with Crippen molar-refractivity contribution in [3.8, 4) is 6.07 Å². The number of carbonyl (C=O) groups excluding carboxylic acids is 1. The SMILES string of the molecule is N#Cc1cccc2ccc(C(=O)NC3CC4CNC3C4)cc12. The Hall–Kier alpha value is -2.38. The molecule has 110 valence electrons. The molecule has 2 aliphatic rings. The van der Waals surface area contributed by atoms with E-state index < -0.39 is 0 Å². The predicted octanol–water partition coefficient (Wildman–Crippen LogP) is 2.19. The summed E-state index contributed by atoms with van der Waals surface area (Å²) in [5.74, 6) is 0.658. The summed E-state index contributed by atoms with van der Waals surface area (Å²) in [4.78, 5) is 12.5. The van der Waals surface area contributed by atoms with E-state index in [1.165, 1.54) is 6.42 Å². The van der Waals surface area contributed by atoms with E-state index in [1.54, 1.807) is 6.07 Å². The van der Waals surface area contributed by atoms with Crippen LogP contribution < -0.4 is 10.6 Å². The van der Waals surface area contributed by atoms with Gasteiger partial charge in [0.25, 0.3) is 5.91 Å². The number of benzene rings is 2. The van der Waals surface area contributed by atoms with Gasteiger partial charge in [-0.15, -0.1) is 0 Å². The number of nitriles is 1. The summed E-state index contributed by atoms with van der Waals surface area (Å²) in [7, 11) is 0. The second-order valence-corrected chi connectivity index (χ2v) is 6.29. The summed E-state index contributed by atoms with van der Waals surface area (Å²) in [5.41, 5.74) is 1.23. The Morgan fingerprint density at radius 3 is 2.91 bits per heavy atom. The van der Waals surface area contributed by atoms with Gasteiger partial charge >= 0.3 is 0 Å². The van der Waals surface area contributed by atoms with Crippen LogP contribution in [0, 0.1) is 17.2 Å². The van der Waals surface area contributed by atoms with Crippen molar-refractivity contribution in [2.75, 3.05) is 6.54 Å². The number of amides is 1. The minimum absolute atomic E-state index is 0.0472. The lowest BCUT2D eigenvalue weighted by Gasteiger charge is -2.24. The lowest BCUT2D eigenvalue weighted by atomic mass is 10.0. The normalized spacial score (nSPS) is 26.0. The third-order valence-corrected chi connectivity index (χ3v) is 4.91. The second-order valence-electron chi connectivity index (χ2n) is 6.29. The van der Waals surface area contributed by atoms with Gasteiger partial charge in [-0.05, 0) is 48.9 Å². The van der Waals surface area contributed by atoms with Crippen LogP contribution in [0.1, 0.15) is 28.8 Å². The fourth-order valence-corrected chi connectivity index (χ4v) is 3.78. The lowest BCUT2D eigenvalue weighted by Crippen LogP contribution is -2.47. The maximum Gasteiger partial charge on any atom is 0.251 e. The van der Waals surface area contributed by atoms with Crippen LogP contribution in [0.3, 0.4) is 0 Å². The molecule has 1 heterocycles. The van der Waals surface area contributed by atoms with Gasteiger partial charge < -0.3 is 10.6 Å². The molecule has 0 radical (unpaired) electrons. The summed E-state index contributed by atoms with van der Waals surface area (Å²) in [5, 5.41) is 17.6. The van der Waals surface area contributed by atoms with E-state index in [9.17, 15) is 10.1 Å². The Kier molecular flexibility index (Phi) is 3.09. The molecular weight excluding hydrogens is 274 g/mol. The fraction of sp³-hybridized carbons (Fsp3) is 0.333. The third kappa shape index (κ3) is 2.15. The molecule has 4 nitrogen and oxygen atoms in total. The van der Waals surface area contributed by atoms with E-state index in [0.717, 1.165) is 23.7 Å². The fourth-order valence-electron chi connectivity index (χ4n) is 3.78. The maximum absolute atomic E-state index is 12.5. The molecule has 4 rings (SSSR count). The summed E-state index contributed by atoms with van der Waals surface area (Å²) in [6.07, 6.45) is 2.24. The molecule has 2 fully saturated rings. The van der Waals surface area contributed by atoms with Gasteiger partial charge in [-0.1, -0.05) is 18.2 Å². The van der Waals surface area contributed by atoms with Crippen molar-refractivity contribution in [1.29, 1.82) is 5.26 Å². The monoisotopic (exact) mass is 291 g/mol. The smallest absolute Gasteiger partial charge is 0.251 e. The molecule has 2 N–H and O–H groups in total. The zero-order valence-corrected chi connectivity index (χ0v) is 12.2. The van der Waals surface area contributed by atoms with Crippen LogP contribution in [0.5, 0.6) is 0 Å². The van der Waals surface area contributed by atoms with Gasteiger partial charge in [-0.25, -0.2) is 0 Å². The van der Waals surface area contributed by atoms with E-state index in [4.69, 9.17) is 0 Å². The summed E-state index contributed by atoms with van der Waals surface area (Å²) >= 11 is 0. The third-order valence-electron chi connectivity index (χ3n) is 4.91. The molecule has 2 bridgehead atoms. The van der Waals surface area contributed by atoms with Crippen molar-refractivity contribution >= 4 is 16.7 Å². The standard InChI is InChI=1S/C18H17N3O/c19-9-14-3-1-2-12-4-5-13(8-15(12)14)18(22)21-17-7-11-6-16(17)20-10-11/h1-5,8,11,16-17,20H,6-7,10H2,(H,21,22). The average Bonchev–Trinajstić information content (AvgIpc) is 3.16. The van der Waals surface area contributed by atoms with Crippen LogP contribution in [0.15, 0.2) is 36.4 Å². The van der Waals surface area contributed by atoms with Crippen molar-refractivity contribution in [2.45, 2.75) is 24.9 Å². The van der Waals surface area contributed by atoms with Crippen LogP contribution in [0.4, 0.5) is 0 Å². The first kappa shape index (κ1) is 13.3. The van der Waals surface area contributed by atoms with Crippen molar-refractivity contribution in [2.24, 2.45) is 5.92 Å². The van der Waals surface area contributed by atoms with E-state index >= 15 is 0 Å². The molecule has 3 unspecified atom stereocenters. The number of hydrogen-bond donors (Lipinski definition) is 2. The van der Waals surface area contributed by atoms with Crippen LogP contribution in [0.25, 0.3) is 10.8 Å². The number of nitrogens with zero attached hydrogens (tertiary/aromatic N) is 1. The van der Waals surface area contributed by atoms with Crippen LogP contribution in [-0.2, 0) is 0 Å². The molecule has 1 aliphatic heterocycles. The van der Waals surface area contributed by atoms with Crippen molar-refractivity contribution in [1.82, 2.24) is 10.6 Å². The van der Waals surface area contributed by atoms with Gasteiger partial charge in [-0.3, -0.25) is 4.79 Å². The summed E-state index contributed by atoms with van der Waals surface area (Å²) in [6.45, 7) is 1.08. The number of hydrogen-bond acceptors (Lipinski definition) is 3. The summed E-state index contributed by atoms with van der Waals surface area (Å²) < 4.78 is 0. The minimum Gasteiger partial charge on any atom is -0.348 e. The van der Waals surface area contributed by atoms with Crippen LogP contribution in [0.2, 0.25) is 0 Å². The second kappa shape index (κ2) is 5.11. The highest BCUT2D eigenvalue weighted by Crippen LogP contribution is 2.31. The highest BCUT2D eigenvalue weighted by molar-refractivity contribution is 6.00. The van der Waals surface area contributed by atoms with E-state index in [1.807, 2.05) is 30.3 Å². The molecule has 1 aliphatic carbocycles. The molecule has 1 saturated carbocycles. The molecule has 4 heteroatoms. The quantitative estimate of drug-likeness (QED) is 0.891. The predicted molar refractivity (Wildman–Crippen MR) is 84.4 cm³/mol. The van der Waals surface area contributed by atoms with E-state index in [2.05, 4.69) is 16.7 Å². The van der Waals surface area contributed by atoms with Gasteiger partial charge in [0.15, 0.2) is 0 Å². The first-order valence-corrected chi connectivity index (χ1v) is 7.72. The lowest BCUT2D eigenvalue weighted by molar-refractivity contribution is 0.0928. The summed E-state index contributed by atoms with van der Waals surface area (Å²) in [6, 6.07) is 14.0. The van der Waals surface area contributed by atoms with Crippen LogP contribution >= 0.6 is 0 Å². The molecule has 3 atom stereocenters. The highest BCUT2D eigenvalue weighted by Gasteiger charge is 2.40. The Balaban J connectivity index is 1.61. The number of nitrogens with one attached hydrogen (secondary N) is 2. The molecule has 2 aromatic carbocycles. The number of rotatable bonds is 2. The molecule has 0 aromatic heterocycles. The average molecular weight is 291 g/mol. The first-order valence-electron chi connectivity index (χ1n) is 7.72. The number of piperidine rings is 1. The molecule has 22 heavy (non-hydrogen) atoms. The Labute approximate surface area is 129 Å². The highest BCUT2D eigenvalue weighted by atomic mass is 16.1. The van der Waals surface area contributed by atoms with E-state index in [-0.39, 0.29) is 11.9 Å². The zero-order chi connectivity index (χ0) is 15.1. The van der Waals surface area contributed by atoms with Crippen molar-refractivity contribution in [3.63, 3.8) is 0 Å². The molecule has 0 spiro atoms. The maximum atomic E-state index is 12.5. The van der Waals surface area contributed by atoms with Crippen molar-refractivity contribution < 1.29 is 4.79 Å². The molecular formula is C18H17N3O. The Morgan fingerprint density at radius 2 is 2.18 bits per heavy atom. The van der Waals surface area contributed by atoms with Gasteiger partial charge in [-0.2, -0.15) is 5.26 Å².